The molecule has 0 fully saturated rings. The highest BCUT2D eigenvalue weighted by molar-refractivity contribution is 6.30. The van der Waals surface area contributed by atoms with E-state index in [0.29, 0.717) is 16.3 Å². The summed E-state index contributed by atoms with van der Waals surface area (Å²) in [5.41, 5.74) is 6.27. The van der Waals surface area contributed by atoms with Crippen LogP contribution in [0.1, 0.15) is 15.9 Å². The van der Waals surface area contributed by atoms with Gasteiger partial charge in [-0.15, -0.1) is 0 Å². The molecule has 0 unspecified atom stereocenters. The van der Waals surface area contributed by atoms with Gasteiger partial charge in [-0.2, -0.15) is 0 Å². The molecule has 0 heterocycles. The predicted molar refractivity (Wildman–Crippen MR) is 81.7 cm³/mol. The van der Waals surface area contributed by atoms with Gasteiger partial charge in [-0.3, -0.25) is 4.79 Å². The van der Waals surface area contributed by atoms with Crippen molar-refractivity contribution < 1.29 is 9.18 Å². The Bertz CT molecular complexity index is 735. The zero-order valence-corrected chi connectivity index (χ0v) is 11.7. The summed E-state index contributed by atoms with van der Waals surface area (Å²) in [5, 5.41) is 3.11. The summed E-state index contributed by atoms with van der Waals surface area (Å²) >= 11 is 5.90. The first-order chi connectivity index (χ1) is 10.1. The highest BCUT2D eigenvalue weighted by Gasteiger charge is 2.12. The third-order valence-electron chi connectivity index (χ3n) is 2.67. The fourth-order valence-corrected chi connectivity index (χ4v) is 1.88. The third-order valence-corrected chi connectivity index (χ3v) is 2.91. The highest BCUT2D eigenvalue weighted by Crippen LogP contribution is 2.21. The maximum Gasteiger partial charge on any atom is 0.258 e. The molecular weight excluding hydrogens is 291 g/mol. The monoisotopic (exact) mass is 302 g/mol. The Kier molecular flexibility index (Phi) is 4.94. The summed E-state index contributed by atoms with van der Waals surface area (Å²) < 4.78 is 13.6. The standard InChI is InChI=1S/C16H12ClFN2O/c17-12-7-8-15(11(10-12)4-3-9-19)20-16(21)13-5-1-2-6-14(13)18/h1-2,5-8,10H,9,19H2,(H,20,21). The van der Waals surface area contributed by atoms with Crippen molar-refractivity contribution >= 4 is 23.2 Å². The smallest absolute Gasteiger partial charge is 0.258 e. The Morgan fingerprint density at radius 3 is 2.76 bits per heavy atom. The lowest BCUT2D eigenvalue weighted by Crippen LogP contribution is -2.14. The van der Waals surface area contributed by atoms with Gasteiger partial charge in [-0.1, -0.05) is 35.6 Å². The second-order valence-corrected chi connectivity index (χ2v) is 4.57. The van der Waals surface area contributed by atoms with Crippen LogP contribution in [0.5, 0.6) is 0 Å². The topological polar surface area (TPSA) is 55.1 Å². The number of carbonyl (C=O) groups excluding carboxylic acids is 1. The lowest BCUT2D eigenvalue weighted by atomic mass is 10.1. The molecule has 3 nitrogen and oxygen atoms in total. The van der Waals surface area contributed by atoms with E-state index in [9.17, 15) is 9.18 Å². The van der Waals surface area contributed by atoms with E-state index in [-0.39, 0.29) is 12.1 Å². The van der Waals surface area contributed by atoms with Crippen LogP contribution in [0.25, 0.3) is 0 Å². The van der Waals surface area contributed by atoms with Crippen LogP contribution in [-0.4, -0.2) is 12.5 Å². The summed E-state index contributed by atoms with van der Waals surface area (Å²) in [7, 11) is 0. The zero-order valence-electron chi connectivity index (χ0n) is 11.0. The number of hydrogen-bond acceptors (Lipinski definition) is 2. The number of hydrogen-bond donors (Lipinski definition) is 2. The van der Waals surface area contributed by atoms with E-state index in [1.54, 1.807) is 24.3 Å². The third kappa shape index (κ3) is 3.82. The molecule has 2 aromatic rings. The molecule has 1 amide bonds. The molecule has 0 saturated carbocycles. The average Bonchev–Trinajstić information content (AvgIpc) is 2.47. The van der Waals surface area contributed by atoms with Gasteiger partial charge in [-0.25, -0.2) is 4.39 Å². The summed E-state index contributed by atoms with van der Waals surface area (Å²) in [5.74, 6) is 4.37. The van der Waals surface area contributed by atoms with E-state index >= 15 is 0 Å². The zero-order chi connectivity index (χ0) is 15.2. The van der Waals surface area contributed by atoms with Gasteiger partial charge in [0.25, 0.3) is 5.91 Å². The first-order valence-corrected chi connectivity index (χ1v) is 6.54. The van der Waals surface area contributed by atoms with Crippen molar-refractivity contribution in [3.63, 3.8) is 0 Å². The predicted octanol–water partition coefficient (Wildman–Crippen LogP) is 3.04. The number of benzene rings is 2. The number of carbonyl (C=O) groups is 1. The lowest BCUT2D eigenvalue weighted by Gasteiger charge is -2.08. The van der Waals surface area contributed by atoms with Crippen LogP contribution in [0.3, 0.4) is 0 Å². The second-order valence-electron chi connectivity index (χ2n) is 4.13. The number of amides is 1. The molecule has 3 N–H and O–H groups in total. The van der Waals surface area contributed by atoms with Crippen LogP contribution >= 0.6 is 11.6 Å². The maximum atomic E-state index is 13.6. The van der Waals surface area contributed by atoms with Gasteiger partial charge in [0.2, 0.25) is 0 Å². The van der Waals surface area contributed by atoms with E-state index in [4.69, 9.17) is 17.3 Å². The summed E-state index contributed by atoms with van der Waals surface area (Å²) in [6.07, 6.45) is 0. The molecule has 2 rings (SSSR count). The van der Waals surface area contributed by atoms with E-state index in [1.807, 2.05) is 0 Å². The average molecular weight is 303 g/mol. The van der Waals surface area contributed by atoms with Crippen molar-refractivity contribution in [3.8, 4) is 11.8 Å². The van der Waals surface area contributed by atoms with Crippen molar-refractivity contribution in [1.82, 2.24) is 0 Å². The van der Waals surface area contributed by atoms with Gasteiger partial charge in [-0.05, 0) is 30.3 Å². The Morgan fingerprint density at radius 1 is 1.29 bits per heavy atom. The van der Waals surface area contributed by atoms with Crippen LogP contribution in [0.15, 0.2) is 42.5 Å². The number of halogens is 2. The molecule has 0 aromatic heterocycles. The summed E-state index contributed by atoms with van der Waals surface area (Å²) in [4.78, 5) is 12.1. The van der Waals surface area contributed by atoms with Crippen molar-refractivity contribution in [2.45, 2.75) is 0 Å². The molecule has 0 aliphatic heterocycles. The molecule has 2 aromatic carbocycles. The molecule has 0 spiro atoms. The molecule has 0 aliphatic carbocycles. The van der Waals surface area contributed by atoms with Gasteiger partial charge in [0.1, 0.15) is 5.82 Å². The van der Waals surface area contributed by atoms with Crippen LogP contribution in [0.2, 0.25) is 5.02 Å². The molecule has 21 heavy (non-hydrogen) atoms. The SMILES string of the molecule is NCC#Cc1cc(Cl)ccc1NC(=O)c1ccccc1F. The van der Waals surface area contributed by atoms with Crippen molar-refractivity contribution in [2.75, 3.05) is 11.9 Å². The first kappa shape index (κ1) is 15.0. The van der Waals surface area contributed by atoms with Crippen molar-refractivity contribution in [1.29, 1.82) is 0 Å². The minimum absolute atomic E-state index is 0.0369. The molecule has 0 aliphatic rings. The van der Waals surface area contributed by atoms with E-state index in [2.05, 4.69) is 17.2 Å². The second kappa shape index (κ2) is 6.89. The number of nitrogens with two attached hydrogens (primary N) is 1. The largest absolute Gasteiger partial charge is 0.321 e. The van der Waals surface area contributed by atoms with Crippen LogP contribution in [0.4, 0.5) is 10.1 Å². The Hall–Kier alpha value is -2.35. The van der Waals surface area contributed by atoms with Crippen molar-refractivity contribution in [2.24, 2.45) is 5.73 Å². The molecule has 0 saturated heterocycles. The summed E-state index contributed by atoms with van der Waals surface area (Å²) in [6.45, 7) is 0.188. The number of rotatable bonds is 2. The fourth-order valence-electron chi connectivity index (χ4n) is 1.71. The molecular formula is C16H12ClFN2O. The normalized spacial score (nSPS) is 9.67. The minimum Gasteiger partial charge on any atom is -0.321 e. The van der Waals surface area contributed by atoms with Gasteiger partial charge in [0.05, 0.1) is 17.8 Å². The van der Waals surface area contributed by atoms with Gasteiger partial charge < -0.3 is 11.1 Å². The van der Waals surface area contributed by atoms with Gasteiger partial charge in [0, 0.05) is 10.6 Å². The Balaban J connectivity index is 2.31. The van der Waals surface area contributed by atoms with E-state index < -0.39 is 11.7 Å². The lowest BCUT2D eigenvalue weighted by molar-refractivity contribution is 0.102. The van der Waals surface area contributed by atoms with Crippen LogP contribution in [0, 0.1) is 17.7 Å². The van der Waals surface area contributed by atoms with Crippen LogP contribution < -0.4 is 11.1 Å². The summed E-state index contributed by atoms with van der Waals surface area (Å²) in [6, 6.07) is 10.6. The van der Waals surface area contributed by atoms with Crippen molar-refractivity contribution in [3.05, 3.63) is 64.4 Å². The number of anilines is 1. The molecule has 5 heteroatoms. The molecule has 0 atom stereocenters. The van der Waals surface area contributed by atoms with E-state index in [1.165, 1.54) is 18.2 Å². The fraction of sp³-hybridized carbons (Fsp3) is 0.0625. The first-order valence-electron chi connectivity index (χ1n) is 6.16. The minimum atomic E-state index is -0.585. The van der Waals surface area contributed by atoms with E-state index in [0.717, 1.165) is 0 Å². The van der Waals surface area contributed by atoms with Gasteiger partial charge >= 0.3 is 0 Å². The number of nitrogens with one attached hydrogen (secondary N) is 1. The highest BCUT2D eigenvalue weighted by atomic mass is 35.5. The Morgan fingerprint density at radius 2 is 2.05 bits per heavy atom. The molecule has 0 radical (unpaired) electrons. The van der Waals surface area contributed by atoms with Crippen LogP contribution in [-0.2, 0) is 0 Å². The quantitative estimate of drug-likeness (QED) is 0.838. The maximum absolute atomic E-state index is 13.6. The Labute approximate surface area is 126 Å². The molecule has 106 valence electrons. The molecule has 0 bridgehead atoms. The van der Waals surface area contributed by atoms with Gasteiger partial charge in [0.15, 0.2) is 0 Å².